The van der Waals surface area contributed by atoms with Gasteiger partial charge in [0, 0.05) is 31.2 Å². The zero-order chi connectivity index (χ0) is 14.5. The van der Waals surface area contributed by atoms with Crippen molar-refractivity contribution in [3.63, 3.8) is 0 Å². The van der Waals surface area contributed by atoms with E-state index in [0.717, 1.165) is 6.54 Å². The Morgan fingerprint density at radius 2 is 2.19 bits per heavy atom. The zero-order valence-electron chi connectivity index (χ0n) is 12.0. The SMILES string of the molecule is CNc1nc(NCC2CCCCS2)nc(-n2cccn2)n1. The van der Waals surface area contributed by atoms with E-state index in [4.69, 9.17) is 0 Å². The Hall–Kier alpha value is -1.83. The molecule has 1 atom stereocenters. The number of hydrogen-bond acceptors (Lipinski definition) is 7. The van der Waals surface area contributed by atoms with Crippen LogP contribution >= 0.6 is 11.8 Å². The summed E-state index contributed by atoms with van der Waals surface area (Å²) < 4.78 is 1.63. The summed E-state index contributed by atoms with van der Waals surface area (Å²) >= 11 is 2.03. The molecule has 1 saturated heterocycles. The average Bonchev–Trinajstić information content (AvgIpc) is 3.08. The van der Waals surface area contributed by atoms with E-state index in [0.29, 0.717) is 23.1 Å². The van der Waals surface area contributed by atoms with Crippen LogP contribution in [0.25, 0.3) is 5.95 Å². The number of thioether (sulfide) groups is 1. The summed E-state index contributed by atoms with van der Waals surface area (Å²) in [5, 5.41) is 11.1. The van der Waals surface area contributed by atoms with Crippen molar-refractivity contribution in [2.24, 2.45) is 0 Å². The molecule has 2 N–H and O–H groups in total. The lowest BCUT2D eigenvalue weighted by Crippen LogP contribution is -2.21. The van der Waals surface area contributed by atoms with Crippen LogP contribution in [0.5, 0.6) is 0 Å². The maximum Gasteiger partial charge on any atom is 0.257 e. The maximum atomic E-state index is 4.43. The Balaban J connectivity index is 1.73. The molecule has 1 fully saturated rings. The number of hydrogen-bond donors (Lipinski definition) is 2. The molecule has 8 heteroatoms. The third kappa shape index (κ3) is 3.63. The first-order valence-corrected chi connectivity index (χ1v) is 8.19. The van der Waals surface area contributed by atoms with Crippen LogP contribution in [0, 0.1) is 0 Å². The molecule has 7 nitrogen and oxygen atoms in total. The van der Waals surface area contributed by atoms with Gasteiger partial charge >= 0.3 is 0 Å². The van der Waals surface area contributed by atoms with Crippen molar-refractivity contribution in [1.82, 2.24) is 24.7 Å². The quantitative estimate of drug-likeness (QED) is 0.871. The number of rotatable bonds is 5. The van der Waals surface area contributed by atoms with Crippen molar-refractivity contribution >= 4 is 23.7 Å². The number of nitrogens with zero attached hydrogens (tertiary/aromatic N) is 5. The van der Waals surface area contributed by atoms with E-state index < -0.39 is 0 Å². The molecule has 21 heavy (non-hydrogen) atoms. The first kappa shape index (κ1) is 14.1. The zero-order valence-corrected chi connectivity index (χ0v) is 12.8. The van der Waals surface area contributed by atoms with Gasteiger partial charge in [0.1, 0.15) is 0 Å². The fourth-order valence-electron chi connectivity index (χ4n) is 2.22. The van der Waals surface area contributed by atoms with E-state index in [1.165, 1.54) is 25.0 Å². The fraction of sp³-hybridized carbons (Fsp3) is 0.538. The van der Waals surface area contributed by atoms with Crippen molar-refractivity contribution in [2.45, 2.75) is 24.5 Å². The third-order valence-corrected chi connectivity index (χ3v) is 4.72. The summed E-state index contributed by atoms with van der Waals surface area (Å²) in [6.45, 7) is 0.885. The van der Waals surface area contributed by atoms with Gasteiger partial charge in [0.25, 0.3) is 5.95 Å². The smallest absolute Gasteiger partial charge is 0.257 e. The predicted octanol–water partition coefficient (Wildman–Crippen LogP) is 1.80. The van der Waals surface area contributed by atoms with Gasteiger partial charge in [-0.15, -0.1) is 0 Å². The molecule has 0 bridgehead atoms. The Morgan fingerprint density at radius 3 is 2.90 bits per heavy atom. The monoisotopic (exact) mass is 305 g/mol. The highest BCUT2D eigenvalue weighted by molar-refractivity contribution is 7.99. The van der Waals surface area contributed by atoms with Gasteiger partial charge in [-0.2, -0.15) is 31.8 Å². The second kappa shape index (κ2) is 6.75. The van der Waals surface area contributed by atoms with Crippen LogP contribution in [0.2, 0.25) is 0 Å². The lowest BCUT2D eigenvalue weighted by atomic mass is 10.2. The molecule has 0 spiro atoms. The van der Waals surface area contributed by atoms with Crippen molar-refractivity contribution in [2.75, 3.05) is 30.0 Å². The Bertz CT molecular complexity index is 566. The third-order valence-electron chi connectivity index (χ3n) is 3.32. The lowest BCUT2D eigenvalue weighted by molar-refractivity contribution is 0.675. The second-order valence-electron chi connectivity index (χ2n) is 4.85. The first-order valence-electron chi connectivity index (χ1n) is 7.14. The van der Waals surface area contributed by atoms with Crippen molar-refractivity contribution in [3.05, 3.63) is 18.5 Å². The topological polar surface area (TPSA) is 80.5 Å². The molecule has 1 aliphatic heterocycles. The van der Waals surface area contributed by atoms with Crippen LogP contribution < -0.4 is 10.6 Å². The van der Waals surface area contributed by atoms with Crippen molar-refractivity contribution in [3.8, 4) is 5.95 Å². The van der Waals surface area contributed by atoms with Crippen LogP contribution in [0.1, 0.15) is 19.3 Å². The van der Waals surface area contributed by atoms with E-state index in [1.807, 2.05) is 24.0 Å². The first-order chi connectivity index (χ1) is 10.3. The number of aromatic nitrogens is 5. The molecule has 0 aliphatic carbocycles. The van der Waals surface area contributed by atoms with E-state index >= 15 is 0 Å². The fourth-order valence-corrected chi connectivity index (χ4v) is 3.46. The highest BCUT2D eigenvalue weighted by Crippen LogP contribution is 2.25. The molecule has 0 saturated carbocycles. The average molecular weight is 305 g/mol. The molecule has 2 aromatic rings. The van der Waals surface area contributed by atoms with Crippen LogP contribution in [0.3, 0.4) is 0 Å². The van der Waals surface area contributed by atoms with E-state index in [9.17, 15) is 0 Å². The van der Waals surface area contributed by atoms with E-state index in [2.05, 4.69) is 30.7 Å². The normalized spacial score (nSPS) is 18.4. The number of nitrogens with one attached hydrogen (secondary N) is 2. The van der Waals surface area contributed by atoms with Crippen LogP contribution in [0.4, 0.5) is 11.9 Å². The van der Waals surface area contributed by atoms with Crippen LogP contribution in [-0.4, -0.2) is 49.3 Å². The standard InChI is InChI=1S/C13H19N7S/c1-14-11-17-12(15-9-10-5-2-3-8-21-10)19-13(18-11)20-7-4-6-16-20/h4,6-7,10H,2-3,5,8-9H2,1H3,(H2,14,15,17,18,19). The van der Waals surface area contributed by atoms with E-state index in [1.54, 1.807) is 17.9 Å². The maximum absolute atomic E-state index is 4.43. The summed E-state index contributed by atoms with van der Waals surface area (Å²) in [4.78, 5) is 13.1. The number of anilines is 2. The highest BCUT2D eigenvalue weighted by atomic mass is 32.2. The van der Waals surface area contributed by atoms with Gasteiger partial charge in [-0.3, -0.25) is 0 Å². The molecule has 112 valence electrons. The molecule has 0 amide bonds. The second-order valence-corrected chi connectivity index (χ2v) is 6.26. The minimum atomic E-state index is 0.512. The Kier molecular flexibility index (Phi) is 4.54. The highest BCUT2D eigenvalue weighted by Gasteiger charge is 2.15. The van der Waals surface area contributed by atoms with Gasteiger partial charge < -0.3 is 10.6 Å². The molecule has 2 aromatic heterocycles. The van der Waals surface area contributed by atoms with Gasteiger partial charge in [-0.25, -0.2) is 4.68 Å². The minimum Gasteiger partial charge on any atom is -0.357 e. The van der Waals surface area contributed by atoms with Crippen molar-refractivity contribution in [1.29, 1.82) is 0 Å². The Labute approximate surface area is 128 Å². The van der Waals surface area contributed by atoms with Crippen molar-refractivity contribution < 1.29 is 0 Å². The predicted molar refractivity (Wildman–Crippen MR) is 85.1 cm³/mol. The van der Waals surface area contributed by atoms with Gasteiger partial charge in [0.15, 0.2) is 0 Å². The summed E-state index contributed by atoms with van der Waals surface area (Å²) in [5.41, 5.74) is 0. The molecular formula is C13H19N7S. The summed E-state index contributed by atoms with van der Waals surface area (Å²) in [5.74, 6) is 2.89. The van der Waals surface area contributed by atoms with Gasteiger partial charge in [0.05, 0.1) is 0 Å². The molecular weight excluding hydrogens is 286 g/mol. The van der Waals surface area contributed by atoms with Gasteiger partial charge in [-0.1, -0.05) is 6.42 Å². The largest absolute Gasteiger partial charge is 0.357 e. The molecule has 1 unspecified atom stereocenters. The minimum absolute atomic E-state index is 0.512. The Morgan fingerprint density at radius 1 is 1.29 bits per heavy atom. The molecule has 3 rings (SSSR count). The van der Waals surface area contributed by atoms with Crippen LogP contribution in [0.15, 0.2) is 18.5 Å². The van der Waals surface area contributed by atoms with Crippen LogP contribution in [-0.2, 0) is 0 Å². The summed E-state index contributed by atoms with van der Waals surface area (Å²) in [6.07, 6.45) is 7.43. The lowest BCUT2D eigenvalue weighted by Gasteiger charge is -2.21. The summed E-state index contributed by atoms with van der Waals surface area (Å²) in [7, 11) is 1.79. The molecule has 3 heterocycles. The molecule has 0 aromatic carbocycles. The van der Waals surface area contributed by atoms with Gasteiger partial charge in [-0.05, 0) is 24.7 Å². The van der Waals surface area contributed by atoms with E-state index in [-0.39, 0.29) is 0 Å². The van der Waals surface area contributed by atoms with Gasteiger partial charge in [0.2, 0.25) is 11.9 Å². The summed E-state index contributed by atoms with van der Waals surface area (Å²) in [6, 6.07) is 1.84. The molecule has 0 radical (unpaired) electrons. The molecule has 1 aliphatic rings.